The first-order valence-corrected chi connectivity index (χ1v) is 20.4. The maximum atomic E-state index is 2.63. The molecule has 0 bridgehead atoms. The number of benzene rings is 4. The molecule has 4 aromatic rings. The van der Waals surface area contributed by atoms with E-state index in [2.05, 4.69) is 172 Å². The Labute approximate surface area is 304 Å². The Morgan fingerprint density at radius 3 is 1.72 bits per heavy atom. The molecule has 0 nitrogen and oxygen atoms in total. The second kappa shape index (κ2) is 13.9. The molecule has 0 N–H and O–H groups in total. The van der Waals surface area contributed by atoms with Crippen LogP contribution in [0.1, 0.15) is 103 Å². The fourth-order valence-electron chi connectivity index (χ4n) is 7.19. The summed E-state index contributed by atoms with van der Waals surface area (Å²) < 4.78 is 4.94. The number of halogens is 2. The van der Waals surface area contributed by atoms with Crippen LogP contribution in [-0.4, -0.2) is 3.21 Å². The van der Waals surface area contributed by atoms with Crippen molar-refractivity contribution in [2.24, 2.45) is 11.3 Å². The average Bonchev–Trinajstić information content (AvgIpc) is 3.56. The van der Waals surface area contributed by atoms with E-state index < -0.39 is 21.3 Å². The monoisotopic (exact) mass is 738 g/mol. The van der Waals surface area contributed by atoms with Gasteiger partial charge in [-0.1, -0.05) is 0 Å². The Morgan fingerprint density at radius 1 is 0.660 bits per heavy atom. The first-order valence-electron chi connectivity index (χ1n) is 16.7. The van der Waals surface area contributed by atoms with Crippen LogP contribution in [0.5, 0.6) is 0 Å². The molecule has 0 spiro atoms. The molecular formula is C44H50Cl2Zr. The van der Waals surface area contributed by atoms with Crippen LogP contribution in [0.25, 0.3) is 11.1 Å². The van der Waals surface area contributed by atoms with Crippen LogP contribution in [0.2, 0.25) is 0 Å². The molecule has 0 aliphatic heterocycles. The van der Waals surface area contributed by atoms with Crippen LogP contribution in [-0.2, 0) is 38.5 Å². The first-order chi connectivity index (χ1) is 21.1. The third-order valence-electron chi connectivity index (χ3n) is 9.76. The summed E-state index contributed by atoms with van der Waals surface area (Å²) in [4.78, 5) is 0. The van der Waals surface area contributed by atoms with Crippen molar-refractivity contribution in [1.29, 1.82) is 0 Å². The summed E-state index contributed by atoms with van der Waals surface area (Å²) in [5.74, 6) is 0.435. The van der Waals surface area contributed by atoms with Crippen molar-refractivity contribution in [3.8, 4) is 11.1 Å². The third-order valence-corrected chi connectivity index (χ3v) is 17.8. The van der Waals surface area contributed by atoms with E-state index in [9.17, 15) is 0 Å². The smallest absolute Gasteiger partial charge is 1.00 e. The van der Waals surface area contributed by atoms with E-state index in [4.69, 9.17) is 0 Å². The van der Waals surface area contributed by atoms with Crippen LogP contribution in [0, 0.1) is 11.3 Å². The average molecular weight is 741 g/mol. The van der Waals surface area contributed by atoms with Gasteiger partial charge in [-0.2, -0.15) is 0 Å². The van der Waals surface area contributed by atoms with E-state index in [0.717, 1.165) is 6.42 Å². The molecule has 0 fully saturated rings. The van der Waals surface area contributed by atoms with Crippen molar-refractivity contribution in [2.75, 3.05) is 0 Å². The van der Waals surface area contributed by atoms with Crippen LogP contribution in [0.3, 0.4) is 0 Å². The number of hydrogen-bond donors (Lipinski definition) is 0. The molecule has 1 atom stereocenters. The summed E-state index contributed by atoms with van der Waals surface area (Å²) in [6.45, 7) is 23.7. The van der Waals surface area contributed by atoms with Crippen molar-refractivity contribution in [3.63, 3.8) is 0 Å². The summed E-state index contributed by atoms with van der Waals surface area (Å²) in [5, 5.41) is 0. The van der Waals surface area contributed by atoms with Gasteiger partial charge in [-0.05, 0) is 0 Å². The standard InChI is InChI=1S/C21H25.C13H10.C10H15.2ClH.Zr/c1-20(2,3)16-11-10-14-12-15-8-7-9-18(21(4,5)6)19(15)17(14)13-16;1-3-7-12(8-4-1)11-13-9-5-2-6-10-13;1-8-5-6-9(7-8)10(2,3)4;;;/h7,9-11,13H,12H2,1-6H3;1-10H;6-8H,1-4H3;2*1H;/q;;;;;+2/p-2. The molecule has 3 heteroatoms. The Hall–Kier alpha value is -2.31. The largest absolute Gasteiger partial charge is 1.00 e. The van der Waals surface area contributed by atoms with Crippen molar-refractivity contribution in [3.05, 3.63) is 145 Å². The Balaban J connectivity index is 0.00000250. The molecule has 2 aliphatic rings. The Kier molecular flexibility index (Phi) is 11.1. The molecule has 0 saturated carbocycles. The second-order valence-corrected chi connectivity index (χ2v) is 22.1. The van der Waals surface area contributed by atoms with Crippen LogP contribution >= 0.6 is 0 Å². The normalized spacial score (nSPS) is 15.3. The van der Waals surface area contributed by atoms with Gasteiger partial charge in [0, 0.05) is 0 Å². The van der Waals surface area contributed by atoms with Crippen molar-refractivity contribution in [2.45, 2.75) is 86.5 Å². The van der Waals surface area contributed by atoms with Gasteiger partial charge in [-0.15, -0.1) is 0 Å². The summed E-state index contributed by atoms with van der Waals surface area (Å²) in [5.41, 5.74) is 13.5. The zero-order valence-electron chi connectivity index (χ0n) is 29.9. The van der Waals surface area contributed by atoms with Crippen LogP contribution in [0.4, 0.5) is 0 Å². The van der Waals surface area contributed by atoms with Gasteiger partial charge < -0.3 is 24.8 Å². The van der Waals surface area contributed by atoms with Gasteiger partial charge in [0.25, 0.3) is 0 Å². The summed E-state index contributed by atoms with van der Waals surface area (Å²) in [6, 6.07) is 35.1. The van der Waals surface area contributed by atoms with Gasteiger partial charge in [-0.25, -0.2) is 0 Å². The molecule has 1 unspecified atom stereocenters. The Morgan fingerprint density at radius 2 is 1.23 bits per heavy atom. The number of hydrogen-bond acceptors (Lipinski definition) is 0. The predicted octanol–water partition coefficient (Wildman–Crippen LogP) is 4.88. The van der Waals surface area contributed by atoms with Gasteiger partial charge in [0.1, 0.15) is 0 Å². The van der Waals surface area contributed by atoms with Crippen molar-refractivity contribution < 1.29 is 46.1 Å². The van der Waals surface area contributed by atoms with E-state index in [0.29, 0.717) is 5.92 Å². The van der Waals surface area contributed by atoms with Gasteiger partial charge in [0.05, 0.1) is 0 Å². The van der Waals surface area contributed by atoms with Gasteiger partial charge in [0.15, 0.2) is 0 Å². The summed E-state index contributed by atoms with van der Waals surface area (Å²) in [6.07, 6.45) is 6.23. The fourth-order valence-corrected chi connectivity index (χ4v) is 15.5. The first kappa shape index (κ1) is 37.5. The van der Waals surface area contributed by atoms with Crippen molar-refractivity contribution >= 4 is 6.48 Å². The van der Waals surface area contributed by atoms with E-state index in [1.165, 1.54) is 44.5 Å². The van der Waals surface area contributed by atoms with Gasteiger partial charge in [0.2, 0.25) is 0 Å². The zero-order valence-corrected chi connectivity index (χ0v) is 33.8. The molecule has 0 saturated heterocycles. The van der Waals surface area contributed by atoms with E-state index in [-0.39, 0.29) is 41.1 Å². The predicted molar refractivity (Wildman–Crippen MR) is 193 cm³/mol. The summed E-state index contributed by atoms with van der Waals surface area (Å²) >= 11 is -2.82. The minimum atomic E-state index is -2.82. The fraction of sp³-hybridized carbons (Fsp3) is 0.341. The SMILES string of the molecule is CC1C=C(C(C)(C)C)C=[C]1[Zr+2](=[C](c1ccccc1)c1ccccc1)[c]1ccc(C(C)(C)C)c2c1Cc1ccc(C(C)(C)C)cc1-2.[Cl-].[Cl-]. The molecular weight excluding hydrogens is 691 g/mol. The minimum absolute atomic E-state index is 0. The second-order valence-electron chi connectivity index (χ2n) is 16.3. The van der Waals surface area contributed by atoms with Crippen LogP contribution in [0.15, 0.2) is 112 Å². The molecule has 244 valence electrons. The molecule has 4 aromatic carbocycles. The molecule has 0 radical (unpaired) electrons. The quantitative estimate of drug-likeness (QED) is 0.247. The maximum absolute atomic E-state index is 2.82. The summed E-state index contributed by atoms with van der Waals surface area (Å²) in [7, 11) is 0. The van der Waals surface area contributed by atoms with E-state index in [1.54, 1.807) is 15.3 Å². The zero-order chi connectivity index (χ0) is 32.3. The topological polar surface area (TPSA) is 0 Å². The number of rotatable bonds is 4. The van der Waals surface area contributed by atoms with Crippen molar-refractivity contribution in [1.82, 2.24) is 0 Å². The number of fused-ring (bicyclic) bond motifs is 3. The third kappa shape index (κ3) is 7.34. The minimum Gasteiger partial charge on any atom is -1.00 e. The van der Waals surface area contributed by atoms with Crippen LogP contribution < -0.4 is 28.1 Å². The van der Waals surface area contributed by atoms with E-state index in [1.807, 2.05) is 0 Å². The van der Waals surface area contributed by atoms with Gasteiger partial charge in [-0.3, -0.25) is 0 Å². The molecule has 0 heterocycles. The van der Waals surface area contributed by atoms with E-state index >= 15 is 0 Å². The maximum Gasteiger partial charge on any atom is -1.00 e. The molecule has 6 rings (SSSR count). The van der Waals surface area contributed by atoms with Gasteiger partial charge >= 0.3 is 282 Å². The molecule has 2 aliphatic carbocycles. The molecule has 47 heavy (non-hydrogen) atoms. The molecule has 0 amide bonds. The number of allylic oxidation sites excluding steroid dienone is 4. The Bertz CT molecular complexity index is 1810. The molecule has 0 aromatic heterocycles.